The van der Waals surface area contributed by atoms with Crippen molar-refractivity contribution in [3.05, 3.63) is 41.0 Å². The van der Waals surface area contributed by atoms with Crippen LogP contribution >= 0.6 is 0 Å². The molecule has 0 aliphatic carbocycles. The maximum absolute atomic E-state index is 13.0. The van der Waals surface area contributed by atoms with Crippen LogP contribution in [0.2, 0.25) is 0 Å². The minimum absolute atomic E-state index is 0.0957. The third-order valence-electron chi connectivity index (χ3n) is 5.58. The predicted molar refractivity (Wildman–Crippen MR) is 121 cm³/mol. The van der Waals surface area contributed by atoms with Crippen LogP contribution < -0.4 is 5.32 Å². The van der Waals surface area contributed by atoms with Crippen molar-refractivity contribution in [1.29, 1.82) is 0 Å². The lowest BCUT2D eigenvalue weighted by molar-refractivity contribution is -0.134. The van der Waals surface area contributed by atoms with Gasteiger partial charge >= 0.3 is 0 Å². The monoisotopic (exact) mass is 477 g/mol. The standard InChI is InChI=1S/C22H31N5O5S/c1-16-6-7-17(2)19(15-16)33(30,31)27-13-11-26(12-14-27)22(29)9-8-20(28)23-10-4-5-21-24-18(3)25-32-21/h6-7,15H,4-5,8-14H2,1-3H3,(H,23,28). The number of nitrogens with zero attached hydrogens (tertiary/aromatic N) is 4. The molecule has 1 aromatic heterocycles. The Labute approximate surface area is 194 Å². The Hall–Kier alpha value is -2.79. The largest absolute Gasteiger partial charge is 0.356 e. The summed E-state index contributed by atoms with van der Waals surface area (Å²) in [6.07, 6.45) is 1.44. The minimum Gasteiger partial charge on any atom is -0.356 e. The molecule has 10 nitrogen and oxygen atoms in total. The molecule has 0 saturated carbocycles. The number of amides is 2. The highest BCUT2D eigenvalue weighted by Gasteiger charge is 2.31. The second-order valence-corrected chi connectivity index (χ2v) is 10.1. The minimum atomic E-state index is -3.61. The molecule has 1 aliphatic rings. The van der Waals surface area contributed by atoms with Crippen molar-refractivity contribution < 1.29 is 22.5 Å². The van der Waals surface area contributed by atoms with Crippen LogP contribution in [0.3, 0.4) is 0 Å². The highest BCUT2D eigenvalue weighted by Crippen LogP contribution is 2.22. The average Bonchev–Trinajstić information content (AvgIpc) is 3.21. The van der Waals surface area contributed by atoms with Crippen molar-refractivity contribution in [3.8, 4) is 0 Å². The highest BCUT2D eigenvalue weighted by molar-refractivity contribution is 7.89. The molecule has 11 heteroatoms. The molecule has 2 aromatic rings. The van der Waals surface area contributed by atoms with Crippen molar-refractivity contribution in [1.82, 2.24) is 24.7 Å². The van der Waals surface area contributed by atoms with Crippen molar-refractivity contribution >= 4 is 21.8 Å². The number of piperazine rings is 1. The maximum Gasteiger partial charge on any atom is 0.243 e. The van der Waals surface area contributed by atoms with Gasteiger partial charge in [-0.15, -0.1) is 0 Å². The van der Waals surface area contributed by atoms with E-state index in [4.69, 9.17) is 4.52 Å². The zero-order valence-corrected chi connectivity index (χ0v) is 20.2. The Morgan fingerprint density at radius 1 is 1.09 bits per heavy atom. The molecule has 0 bridgehead atoms. The molecule has 0 unspecified atom stereocenters. The van der Waals surface area contributed by atoms with E-state index < -0.39 is 10.0 Å². The number of hydrogen-bond acceptors (Lipinski definition) is 7. The summed E-state index contributed by atoms with van der Waals surface area (Å²) in [6.45, 7) is 6.95. The Bertz CT molecular complexity index is 1090. The third-order valence-corrected chi connectivity index (χ3v) is 7.62. The van der Waals surface area contributed by atoms with E-state index in [2.05, 4.69) is 15.5 Å². The van der Waals surface area contributed by atoms with Gasteiger partial charge in [-0.2, -0.15) is 9.29 Å². The average molecular weight is 478 g/mol. The van der Waals surface area contributed by atoms with E-state index in [1.54, 1.807) is 30.9 Å². The van der Waals surface area contributed by atoms with E-state index >= 15 is 0 Å². The Balaban J connectivity index is 1.39. The first-order valence-corrected chi connectivity index (χ1v) is 12.5. The molecular formula is C22H31N5O5S. The Morgan fingerprint density at radius 2 is 1.82 bits per heavy atom. The zero-order valence-electron chi connectivity index (χ0n) is 19.3. The van der Waals surface area contributed by atoms with Crippen LogP contribution in [0.15, 0.2) is 27.6 Å². The predicted octanol–water partition coefficient (Wildman–Crippen LogP) is 1.36. The van der Waals surface area contributed by atoms with Crippen molar-refractivity contribution in [2.24, 2.45) is 0 Å². The molecule has 1 saturated heterocycles. The SMILES string of the molecule is Cc1ccc(C)c(S(=O)(=O)N2CCN(C(=O)CCC(=O)NCCCc3nc(C)no3)CC2)c1. The van der Waals surface area contributed by atoms with E-state index in [1.165, 1.54) is 4.31 Å². The van der Waals surface area contributed by atoms with Gasteiger partial charge in [-0.1, -0.05) is 17.3 Å². The molecule has 1 fully saturated rings. The smallest absolute Gasteiger partial charge is 0.243 e. The number of aromatic nitrogens is 2. The first-order valence-electron chi connectivity index (χ1n) is 11.1. The molecule has 0 spiro atoms. The van der Waals surface area contributed by atoms with E-state index in [-0.39, 0.29) is 37.7 Å². The number of sulfonamides is 1. The molecule has 1 aliphatic heterocycles. The van der Waals surface area contributed by atoms with Crippen LogP contribution in [0.4, 0.5) is 0 Å². The van der Waals surface area contributed by atoms with Crippen LogP contribution in [0, 0.1) is 20.8 Å². The number of rotatable bonds is 9. The fourth-order valence-electron chi connectivity index (χ4n) is 3.68. The van der Waals surface area contributed by atoms with Crippen LogP contribution in [0.5, 0.6) is 0 Å². The summed E-state index contributed by atoms with van der Waals surface area (Å²) in [5.41, 5.74) is 1.59. The van der Waals surface area contributed by atoms with Gasteiger partial charge < -0.3 is 14.7 Å². The second kappa shape index (κ2) is 10.9. The third kappa shape index (κ3) is 6.61. The van der Waals surface area contributed by atoms with Crippen molar-refractivity contribution in [2.45, 2.75) is 51.3 Å². The van der Waals surface area contributed by atoms with E-state index in [0.29, 0.717) is 54.6 Å². The van der Waals surface area contributed by atoms with Gasteiger partial charge in [-0.25, -0.2) is 8.42 Å². The van der Waals surface area contributed by atoms with Gasteiger partial charge in [0.25, 0.3) is 0 Å². The molecule has 0 atom stereocenters. The van der Waals surface area contributed by atoms with Crippen LogP contribution in [-0.2, 0) is 26.0 Å². The quantitative estimate of drug-likeness (QED) is 0.541. The summed E-state index contributed by atoms with van der Waals surface area (Å²) in [4.78, 5) is 30.6. The summed E-state index contributed by atoms with van der Waals surface area (Å²) in [7, 11) is -3.61. The van der Waals surface area contributed by atoms with Crippen LogP contribution in [-0.4, -0.2) is 72.3 Å². The maximum atomic E-state index is 13.0. The first kappa shape index (κ1) is 24.8. The summed E-state index contributed by atoms with van der Waals surface area (Å²) in [5, 5.41) is 6.50. The topological polar surface area (TPSA) is 126 Å². The molecule has 2 heterocycles. The van der Waals surface area contributed by atoms with Crippen molar-refractivity contribution in [3.63, 3.8) is 0 Å². The van der Waals surface area contributed by atoms with Gasteiger partial charge in [-0.3, -0.25) is 9.59 Å². The second-order valence-electron chi connectivity index (χ2n) is 8.24. The van der Waals surface area contributed by atoms with E-state index in [9.17, 15) is 18.0 Å². The number of carbonyl (C=O) groups excluding carboxylic acids is 2. The summed E-state index contributed by atoms with van der Waals surface area (Å²) < 4.78 is 32.5. The van der Waals surface area contributed by atoms with Crippen molar-refractivity contribution in [2.75, 3.05) is 32.7 Å². The Morgan fingerprint density at radius 3 is 2.48 bits per heavy atom. The molecule has 0 radical (unpaired) electrons. The molecule has 2 amide bonds. The Kier molecular flexibility index (Phi) is 8.20. The zero-order chi connectivity index (χ0) is 24.0. The van der Waals surface area contributed by atoms with Gasteiger partial charge in [0.15, 0.2) is 5.82 Å². The lowest BCUT2D eigenvalue weighted by atomic mass is 10.2. The van der Waals surface area contributed by atoms with Gasteiger partial charge in [-0.05, 0) is 44.4 Å². The number of benzene rings is 1. The van der Waals surface area contributed by atoms with E-state index in [0.717, 1.165) is 5.56 Å². The summed E-state index contributed by atoms with van der Waals surface area (Å²) >= 11 is 0. The van der Waals surface area contributed by atoms with Gasteiger partial charge in [0.05, 0.1) is 4.90 Å². The fraction of sp³-hybridized carbons (Fsp3) is 0.545. The number of aryl methyl sites for hydroxylation is 4. The molecule has 1 N–H and O–H groups in total. The lowest BCUT2D eigenvalue weighted by Gasteiger charge is -2.34. The molecule has 3 rings (SSSR count). The molecule has 180 valence electrons. The lowest BCUT2D eigenvalue weighted by Crippen LogP contribution is -2.50. The van der Waals surface area contributed by atoms with Gasteiger partial charge in [0.2, 0.25) is 27.7 Å². The molecular weight excluding hydrogens is 446 g/mol. The highest BCUT2D eigenvalue weighted by atomic mass is 32.2. The summed E-state index contributed by atoms with van der Waals surface area (Å²) in [6, 6.07) is 5.37. The number of carbonyl (C=O) groups is 2. The van der Waals surface area contributed by atoms with Gasteiger partial charge in [0, 0.05) is 52.0 Å². The fourth-order valence-corrected chi connectivity index (χ4v) is 5.41. The first-order chi connectivity index (χ1) is 15.7. The van der Waals surface area contributed by atoms with E-state index in [1.807, 2.05) is 13.0 Å². The van der Waals surface area contributed by atoms with Gasteiger partial charge in [0.1, 0.15) is 0 Å². The molecule has 33 heavy (non-hydrogen) atoms. The number of hydrogen-bond donors (Lipinski definition) is 1. The molecule has 1 aromatic carbocycles. The summed E-state index contributed by atoms with van der Waals surface area (Å²) in [5.74, 6) is 0.781. The number of nitrogens with one attached hydrogen (secondary N) is 1. The van der Waals surface area contributed by atoms with Crippen LogP contribution in [0.1, 0.15) is 42.1 Å². The normalized spacial score (nSPS) is 14.9. The van der Waals surface area contributed by atoms with Crippen LogP contribution in [0.25, 0.3) is 0 Å².